The summed E-state index contributed by atoms with van der Waals surface area (Å²) in [7, 11) is 4.66. The van der Waals surface area contributed by atoms with Crippen molar-refractivity contribution in [1.29, 1.82) is 0 Å². The molecule has 0 radical (unpaired) electrons. The molecular formula is C19H16BrNO5. The zero-order valence-corrected chi connectivity index (χ0v) is 16.0. The van der Waals surface area contributed by atoms with Crippen molar-refractivity contribution in [3.8, 4) is 17.2 Å². The highest BCUT2D eigenvalue weighted by molar-refractivity contribution is 9.10. The molecule has 0 fully saturated rings. The molecule has 2 aromatic carbocycles. The minimum Gasteiger partial charge on any atom is -0.496 e. The third-order valence-electron chi connectivity index (χ3n) is 3.72. The number of cyclic esters (lactones) is 1. The van der Waals surface area contributed by atoms with Crippen LogP contribution in [0.2, 0.25) is 0 Å². The summed E-state index contributed by atoms with van der Waals surface area (Å²) in [4.78, 5) is 16.5. The number of aliphatic imine (C=N–C) groups is 1. The van der Waals surface area contributed by atoms with E-state index in [2.05, 4.69) is 20.9 Å². The minimum absolute atomic E-state index is 0.189. The van der Waals surface area contributed by atoms with Crippen molar-refractivity contribution in [2.45, 2.75) is 0 Å². The topological polar surface area (TPSA) is 66.3 Å². The number of hydrogen-bond acceptors (Lipinski definition) is 6. The van der Waals surface area contributed by atoms with E-state index in [0.29, 0.717) is 22.8 Å². The first-order valence-electron chi connectivity index (χ1n) is 7.64. The van der Waals surface area contributed by atoms with Crippen LogP contribution < -0.4 is 14.2 Å². The summed E-state index contributed by atoms with van der Waals surface area (Å²) >= 11 is 3.39. The summed E-state index contributed by atoms with van der Waals surface area (Å²) in [5.41, 5.74) is 1.51. The van der Waals surface area contributed by atoms with Gasteiger partial charge in [-0.15, -0.1) is 0 Å². The highest BCUT2D eigenvalue weighted by Gasteiger charge is 2.26. The average Bonchev–Trinajstić information content (AvgIpc) is 3.02. The van der Waals surface area contributed by atoms with Crippen LogP contribution in [0.5, 0.6) is 17.2 Å². The molecule has 6 nitrogen and oxygen atoms in total. The molecule has 0 N–H and O–H groups in total. The largest absolute Gasteiger partial charge is 0.496 e. The molecule has 1 aliphatic heterocycles. The molecule has 7 heteroatoms. The highest BCUT2D eigenvalue weighted by atomic mass is 79.9. The highest BCUT2D eigenvalue weighted by Crippen LogP contribution is 2.30. The maximum absolute atomic E-state index is 12.2. The molecule has 0 saturated carbocycles. The molecule has 1 heterocycles. The van der Waals surface area contributed by atoms with Crippen LogP contribution in [0.25, 0.3) is 6.08 Å². The lowest BCUT2D eigenvalue weighted by molar-refractivity contribution is -0.129. The van der Waals surface area contributed by atoms with E-state index in [0.717, 1.165) is 10.0 Å². The quantitative estimate of drug-likeness (QED) is 0.546. The van der Waals surface area contributed by atoms with Crippen molar-refractivity contribution in [2.75, 3.05) is 21.3 Å². The number of hydrogen-bond donors (Lipinski definition) is 0. The molecule has 0 saturated heterocycles. The van der Waals surface area contributed by atoms with E-state index >= 15 is 0 Å². The molecule has 3 rings (SSSR count). The molecule has 0 amide bonds. The van der Waals surface area contributed by atoms with Gasteiger partial charge >= 0.3 is 5.97 Å². The Hall–Kier alpha value is -2.80. The second kappa shape index (κ2) is 7.61. The van der Waals surface area contributed by atoms with Crippen LogP contribution in [0.4, 0.5) is 0 Å². The van der Waals surface area contributed by atoms with Gasteiger partial charge in [0.1, 0.15) is 5.75 Å². The summed E-state index contributed by atoms with van der Waals surface area (Å²) < 4.78 is 21.9. The summed E-state index contributed by atoms with van der Waals surface area (Å²) in [6.07, 6.45) is 1.63. The first-order valence-corrected chi connectivity index (χ1v) is 8.43. The monoisotopic (exact) mass is 417 g/mol. The van der Waals surface area contributed by atoms with Crippen LogP contribution in [0.3, 0.4) is 0 Å². The van der Waals surface area contributed by atoms with Crippen molar-refractivity contribution in [3.63, 3.8) is 0 Å². The van der Waals surface area contributed by atoms with E-state index in [4.69, 9.17) is 18.9 Å². The molecule has 0 atom stereocenters. The van der Waals surface area contributed by atoms with Crippen LogP contribution in [-0.4, -0.2) is 33.2 Å². The fourth-order valence-electron chi connectivity index (χ4n) is 2.47. The van der Waals surface area contributed by atoms with Gasteiger partial charge in [0.15, 0.2) is 17.2 Å². The van der Waals surface area contributed by atoms with Crippen LogP contribution >= 0.6 is 15.9 Å². The smallest absolute Gasteiger partial charge is 0.363 e. The fourth-order valence-corrected chi connectivity index (χ4v) is 2.83. The predicted molar refractivity (Wildman–Crippen MR) is 101 cm³/mol. The second-order valence-corrected chi connectivity index (χ2v) is 6.21. The minimum atomic E-state index is -0.531. The SMILES string of the molecule is COc1ccc(/C=C2\N=C(c3cc(Br)ccc3OC)OC2=O)cc1OC. The molecule has 134 valence electrons. The van der Waals surface area contributed by atoms with Crippen LogP contribution in [-0.2, 0) is 9.53 Å². The van der Waals surface area contributed by atoms with Crippen LogP contribution in [0, 0.1) is 0 Å². The molecule has 0 unspecified atom stereocenters. The number of ether oxygens (including phenoxy) is 4. The van der Waals surface area contributed by atoms with E-state index in [-0.39, 0.29) is 11.6 Å². The van der Waals surface area contributed by atoms with Gasteiger partial charge in [0.2, 0.25) is 5.90 Å². The van der Waals surface area contributed by atoms with Gasteiger partial charge in [-0.25, -0.2) is 9.79 Å². The number of carbonyl (C=O) groups excluding carboxylic acids is 1. The zero-order chi connectivity index (χ0) is 18.7. The maximum Gasteiger partial charge on any atom is 0.363 e. The molecular weight excluding hydrogens is 402 g/mol. The Bertz CT molecular complexity index is 920. The van der Waals surface area contributed by atoms with Gasteiger partial charge in [0.25, 0.3) is 0 Å². The summed E-state index contributed by atoms with van der Waals surface area (Å²) in [5, 5.41) is 0. The number of rotatable bonds is 5. The lowest BCUT2D eigenvalue weighted by atomic mass is 10.1. The van der Waals surface area contributed by atoms with Crippen LogP contribution in [0.15, 0.2) is 51.6 Å². The van der Waals surface area contributed by atoms with Gasteiger partial charge in [0, 0.05) is 4.47 Å². The first kappa shape index (κ1) is 18.0. The summed E-state index contributed by atoms with van der Waals surface area (Å²) in [6.45, 7) is 0. The Morgan fingerprint density at radius 2 is 1.65 bits per heavy atom. The van der Waals surface area contributed by atoms with Gasteiger partial charge in [-0.3, -0.25) is 0 Å². The van der Waals surface area contributed by atoms with Crippen molar-refractivity contribution < 1.29 is 23.7 Å². The molecule has 0 bridgehead atoms. The number of benzene rings is 2. The number of nitrogens with zero attached hydrogens (tertiary/aromatic N) is 1. The molecule has 2 aromatic rings. The van der Waals surface area contributed by atoms with Gasteiger partial charge in [0.05, 0.1) is 26.9 Å². The van der Waals surface area contributed by atoms with Gasteiger partial charge in [-0.2, -0.15) is 0 Å². The lowest BCUT2D eigenvalue weighted by Gasteiger charge is -2.07. The second-order valence-electron chi connectivity index (χ2n) is 5.30. The Kier molecular flexibility index (Phi) is 5.27. The number of halogens is 1. The lowest BCUT2D eigenvalue weighted by Crippen LogP contribution is -2.07. The van der Waals surface area contributed by atoms with Crippen molar-refractivity contribution in [1.82, 2.24) is 0 Å². The first-order chi connectivity index (χ1) is 12.5. The Morgan fingerprint density at radius 1 is 0.962 bits per heavy atom. The number of carbonyl (C=O) groups is 1. The zero-order valence-electron chi connectivity index (χ0n) is 14.4. The summed E-state index contributed by atoms with van der Waals surface area (Å²) in [6, 6.07) is 10.7. The molecule has 0 spiro atoms. The van der Waals surface area contributed by atoms with Gasteiger partial charge < -0.3 is 18.9 Å². The van der Waals surface area contributed by atoms with Crippen LogP contribution in [0.1, 0.15) is 11.1 Å². The fraction of sp³-hybridized carbons (Fsp3) is 0.158. The molecule has 26 heavy (non-hydrogen) atoms. The Labute approximate surface area is 159 Å². The van der Waals surface area contributed by atoms with Gasteiger partial charge in [-0.1, -0.05) is 22.0 Å². The number of methoxy groups -OCH3 is 3. The van der Waals surface area contributed by atoms with E-state index < -0.39 is 5.97 Å². The van der Waals surface area contributed by atoms with E-state index in [1.807, 2.05) is 6.07 Å². The standard InChI is InChI=1S/C19H16BrNO5/c1-23-15-7-5-12(20)10-13(15)18-21-14(19(22)26-18)8-11-4-6-16(24-2)17(9-11)25-3/h4-10H,1-3H3/b14-8-. The van der Waals surface area contributed by atoms with E-state index in [1.54, 1.807) is 57.7 Å². The molecule has 0 aromatic heterocycles. The normalized spacial score (nSPS) is 14.8. The van der Waals surface area contributed by atoms with Gasteiger partial charge in [-0.05, 0) is 42.0 Å². The van der Waals surface area contributed by atoms with Crippen molar-refractivity contribution in [3.05, 3.63) is 57.7 Å². The maximum atomic E-state index is 12.2. The Balaban J connectivity index is 1.98. The molecule has 0 aliphatic carbocycles. The third kappa shape index (κ3) is 3.57. The predicted octanol–water partition coefficient (Wildman–Crippen LogP) is 3.82. The number of esters is 1. The summed E-state index contributed by atoms with van der Waals surface area (Å²) in [5.74, 6) is 1.39. The van der Waals surface area contributed by atoms with E-state index in [1.165, 1.54) is 0 Å². The van der Waals surface area contributed by atoms with E-state index in [9.17, 15) is 4.79 Å². The molecule has 1 aliphatic rings. The van der Waals surface area contributed by atoms with Crippen molar-refractivity contribution in [2.24, 2.45) is 4.99 Å². The van der Waals surface area contributed by atoms with Crippen molar-refractivity contribution >= 4 is 33.9 Å². The Morgan fingerprint density at radius 3 is 2.35 bits per heavy atom. The average molecular weight is 418 g/mol. The third-order valence-corrected chi connectivity index (χ3v) is 4.22.